The molecule has 1 aromatic rings. The van der Waals surface area contributed by atoms with E-state index in [0.717, 1.165) is 5.56 Å². The van der Waals surface area contributed by atoms with E-state index in [0.29, 0.717) is 50.8 Å². The molecule has 8 heteroatoms. The molecule has 2 rings (SSSR count). The van der Waals surface area contributed by atoms with Gasteiger partial charge in [-0.15, -0.1) is 0 Å². The molecule has 0 aromatic heterocycles. The number of para-hydroxylation sites is 1. The van der Waals surface area contributed by atoms with Crippen LogP contribution in [0.25, 0.3) is 0 Å². The van der Waals surface area contributed by atoms with Gasteiger partial charge >= 0.3 is 11.9 Å². The van der Waals surface area contributed by atoms with Crippen LogP contribution in [0.4, 0.5) is 5.69 Å². The van der Waals surface area contributed by atoms with Crippen molar-refractivity contribution in [3.8, 4) is 0 Å². The first-order valence-electron chi connectivity index (χ1n) is 9.24. The second kappa shape index (κ2) is 10.0. The molecule has 0 saturated heterocycles. The number of carbonyl (C=O) groups excluding carboxylic acids is 1. The van der Waals surface area contributed by atoms with Crippen molar-refractivity contribution in [3.05, 3.63) is 29.8 Å². The van der Waals surface area contributed by atoms with Crippen LogP contribution in [0.15, 0.2) is 24.3 Å². The maximum atomic E-state index is 13.1. The summed E-state index contributed by atoms with van der Waals surface area (Å²) >= 11 is 0. The first kappa shape index (κ1) is 20.9. The van der Waals surface area contributed by atoms with E-state index < -0.39 is 36.5 Å². The predicted octanol–water partition coefficient (Wildman–Crippen LogP) is 0.981. The average molecular weight is 377 g/mol. The fraction of sp³-hybridized carbons (Fsp3) is 0.526. The number of unbranched alkanes of at least 4 members (excludes halogenated alkanes) is 1. The van der Waals surface area contributed by atoms with Crippen LogP contribution in [0, 0.1) is 0 Å². The van der Waals surface area contributed by atoms with E-state index >= 15 is 0 Å². The van der Waals surface area contributed by atoms with Crippen LogP contribution in [-0.2, 0) is 20.8 Å². The number of benzene rings is 1. The minimum atomic E-state index is -1.12. The summed E-state index contributed by atoms with van der Waals surface area (Å²) in [7, 11) is 0. The van der Waals surface area contributed by atoms with Gasteiger partial charge in [-0.3, -0.25) is 24.6 Å². The van der Waals surface area contributed by atoms with E-state index in [9.17, 15) is 24.6 Å². The molecule has 2 unspecified atom stereocenters. The molecule has 0 bridgehead atoms. The number of nitrogens with one attached hydrogen (secondary N) is 1. The van der Waals surface area contributed by atoms with E-state index in [1.807, 2.05) is 12.1 Å². The lowest BCUT2D eigenvalue weighted by Gasteiger charge is -2.32. The highest BCUT2D eigenvalue weighted by molar-refractivity contribution is 6.01. The van der Waals surface area contributed by atoms with E-state index in [1.54, 1.807) is 12.1 Å². The van der Waals surface area contributed by atoms with Gasteiger partial charge in [0.05, 0.1) is 6.04 Å². The molecule has 0 aliphatic carbocycles. The molecule has 1 aliphatic heterocycles. The summed E-state index contributed by atoms with van der Waals surface area (Å²) in [5.74, 6) is -2.54. The number of carbonyl (C=O) groups is 3. The predicted molar refractivity (Wildman–Crippen MR) is 101 cm³/mol. The van der Waals surface area contributed by atoms with Gasteiger partial charge in [0.1, 0.15) is 12.6 Å². The second-order valence-corrected chi connectivity index (χ2v) is 6.73. The van der Waals surface area contributed by atoms with Crippen LogP contribution in [0.3, 0.4) is 0 Å². The quantitative estimate of drug-likeness (QED) is 0.471. The minimum absolute atomic E-state index is 0.367. The fourth-order valence-corrected chi connectivity index (χ4v) is 3.38. The van der Waals surface area contributed by atoms with Crippen molar-refractivity contribution >= 4 is 23.5 Å². The Hall–Kier alpha value is -2.45. The highest BCUT2D eigenvalue weighted by Gasteiger charge is 2.32. The minimum Gasteiger partial charge on any atom is -0.480 e. The Labute approximate surface area is 158 Å². The summed E-state index contributed by atoms with van der Waals surface area (Å²) < 4.78 is 0. The van der Waals surface area contributed by atoms with Crippen LogP contribution < -0.4 is 16.0 Å². The molecule has 0 spiro atoms. The lowest BCUT2D eigenvalue weighted by Crippen LogP contribution is -2.54. The number of amides is 1. The lowest BCUT2D eigenvalue weighted by molar-refractivity contribution is -0.141. The van der Waals surface area contributed by atoms with Crippen LogP contribution in [0.1, 0.15) is 37.7 Å². The summed E-state index contributed by atoms with van der Waals surface area (Å²) in [5.41, 5.74) is 6.96. The molecular weight excluding hydrogens is 350 g/mol. The second-order valence-electron chi connectivity index (χ2n) is 6.73. The Morgan fingerprint density at radius 2 is 2.00 bits per heavy atom. The van der Waals surface area contributed by atoms with Crippen molar-refractivity contribution in [1.82, 2.24) is 5.32 Å². The molecular formula is C19H27N3O5. The van der Waals surface area contributed by atoms with Gasteiger partial charge in [-0.2, -0.15) is 0 Å². The highest BCUT2D eigenvalue weighted by Crippen LogP contribution is 2.26. The van der Waals surface area contributed by atoms with Gasteiger partial charge in [0.15, 0.2) is 0 Å². The van der Waals surface area contributed by atoms with Gasteiger partial charge in [0, 0.05) is 5.69 Å². The Morgan fingerprint density at radius 3 is 2.67 bits per heavy atom. The SMILES string of the molecule is NCCCCC(NC1CCCc2ccccc2N(CC(=O)O)C1=O)C(=O)O. The maximum absolute atomic E-state index is 13.1. The molecule has 0 saturated carbocycles. The first-order chi connectivity index (χ1) is 12.9. The molecule has 27 heavy (non-hydrogen) atoms. The number of carboxylic acids is 2. The zero-order valence-corrected chi connectivity index (χ0v) is 15.3. The summed E-state index contributed by atoms with van der Waals surface area (Å²) in [6.45, 7) is 0.0246. The zero-order chi connectivity index (χ0) is 19.8. The van der Waals surface area contributed by atoms with Crippen LogP contribution in [0.2, 0.25) is 0 Å². The van der Waals surface area contributed by atoms with E-state index in [1.165, 1.54) is 4.90 Å². The number of fused-ring (bicyclic) bond motifs is 1. The van der Waals surface area contributed by atoms with Crippen molar-refractivity contribution in [2.45, 2.75) is 50.6 Å². The third-order valence-electron chi connectivity index (χ3n) is 4.73. The number of hydrogen-bond donors (Lipinski definition) is 4. The highest BCUT2D eigenvalue weighted by atomic mass is 16.4. The number of nitrogens with zero attached hydrogens (tertiary/aromatic N) is 1. The van der Waals surface area contributed by atoms with Gasteiger partial charge < -0.3 is 15.9 Å². The van der Waals surface area contributed by atoms with Crippen molar-refractivity contribution in [2.24, 2.45) is 5.73 Å². The van der Waals surface area contributed by atoms with Gasteiger partial charge in [0.25, 0.3) is 0 Å². The Kier molecular flexibility index (Phi) is 7.75. The number of anilines is 1. The Morgan fingerprint density at radius 1 is 1.26 bits per heavy atom. The summed E-state index contributed by atoms with van der Waals surface area (Å²) in [4.78, 5) is 37.2. The third kappa shape index (κ3) is 5.77. The molecule has 0 radical (unpaired) electrons. The number of aliphatic carboxylic acids is 2. The molecule has 5 N–H and O–H groups in total. The van der Waals surface area contributed by atoms with Gasteiger partial charge in [-0.05, 0) is 50.3 Å². The van der Waals surface area contributed by atoms with Crippen LogP contribution >= 0.6 is 0 Å². The number of carboxylic acid groups (broad SMARTS) is 2. The lowest BCUT2D eigenvalue weighted by atomic mass is 9.97. The smallest absolute Gasteiger partial charge is 0.323 e. The normalized spacial score (nSPS) is 18.3. The molecule has 8 nitrogen and oxygen atoms in total. The monoisotopic (exact) mass is 377 g/mol. The summed E-state index contributed by atoms with van der Waals surface area (Å²) in [5, 5.41) is 21.7. The van der Waals surface area contributed by atoms with E-state index in [4.69, 9.17) is 5.73 Å². The topological polar surface area (TPSA) is 133 Å². The molecule has 0 fully saturated rings. The average Bonchev–Trinajstić information content (AvgIpc) is 2.63. The summed E-state index contributed by atoms with van der Waals surface area (Å²) in [6, 6.07) is 5.63. The number of hydrogen-bond acceptors (Lipinski definition) is 5. The third-order valence-corrected chi connectivity index (χ3v) is 4.73. The molecule has 1 amide bonds. The van der Waals surface area contributed by atoms with Gasteiger partial charge in [-0.1, -0.05) is 24.6 Å². The number of aryl methyl sites for hydroxylation is 1. The van der Waals surface area contributed by atoms with Gasteiger partial charge in [0.2, 0.25) is 5.91 Å². The zero-order valence-electron chi connectivity index (χ0n) is 15.3. The molecule has 1 aromatic carbocycles. The van der Waals surface area contributed by atoms with Crippen LogP contribution in [0.5, 0.6) is 0 Å². The number of rotatable bonds is 9. The van der Waals surface area contributed by atoms with E-state index in [-0.39, 0.29) is 0 Å². The largest absolute Gasteiger partial charge is 0.480 e. The number of nitrogens with two attached hydrogens (primary N) is 1. The summed E-state index contributed by atoms with van der Waals surface area (Å²) in [6.07, 6.45) is 3.57. The van der Waals surface area contributed by atoms with Crippen molar-refractivity contribution < 1.29 is 24.6 Å². The molecule has 1 aliphatic rings. The Bertz CT molecular complexity index is 679. The molecule has 1 heterocycles. The first-order valence-corrected chi connectivity index (χ1v) is 9.24. The standard InChI is InChI=1S/C19H27N3O5/c20-11-4-3-8-15(19(26)27)21-14-9-5-7-13-6-1-2-10-16(13)22(18(14)25)12-17(23)24/h1-2,6,10,14-15,21H,3-5,7-9,11-12,20H2,(H,23,24)(H,26,27). The van der Waals surface area contributed by atoms with Crippen molar-refractivity contribution in [2.75, 3.05) is 18.0 Å². The van der Waals surface area contributed by atoms with E-state index in [2.05, 4.69) is 5.32 Å². The molecule has 2 atom stereocenters. The maximum Gasteiger partial charge on any atom is 0.323 e. The Balaban J connectivity index is 2.23. The van der Waals surface area contributed by atoms with Crippen molar-refractivity contribution in [1.29, 1.82) is 0 Å². The van der Waals surface area contributed by atoms with Crippen LogP contribution in [-0.4, -0.2) is 53.2 Å². The fourth-order valence-electron chi connectivity index (χ4n) is 3.38. The van der Waals surface area contributed by atoms with Gasteiger partial charge in [-0.25, -0.2) is 0 Å². The molecule has 148 valence electrons. The van der Waals surface area contributed by atoms with Crippen molar-refractivity contribution in [3.63, 3.8) is 0 Å².